The molecule has 2 N–H and O–H groups in total. The molecule has 7 nitrogen and oxygen atoms in total. The third-order valence-corrected chi connectivity index (χ3v) is 6.10. The van der Waals surface area contributed by atoms with Gasteiger partial charge < -0.3 is 10.2 Å². The van der Waals surface area contributed by atoms with Gasteiger partial charge in [-0.1, -0.05) is 35.9 Å². The minimum Gasteiger partial charge on any atom is -0.342 e. The number of hydrogen-bond acceptors (Lipinski definition) is 3. The zero-order valence-electron chi connectivity index (χ0n) is 16.8. The zero-order chi connectivity index (χ0) is 20.9. The van der Waals surface area contributed by atoms with Crippen LogP contribution in [0.3, 0.4) is 0 Å². The molecule has 2 heterocycles. The van der Waals surface area contributed by atoms with Gasteiger partial charge in [0.1, 0.15) is 5.82 Å². The number of amides is 3. The fraction of sp³-hybridized carbons (Fsp3) is 0.409. The summed E-state index contributed by atoms with van der Waals surface area (Å²) in [4.78, 5) is 27.1. The topological polar surface area (TPSA) is 79.3 Å². The van der Waals surface area contributed by atoms with Crippen LogP contribution in [-0.4, -0.2) is 39.7 Å². The van der Waals surface area contributed by atoms with Gasteiger partial charge in [0, 0.05) is 25.1 Å². The van der Waals surface area contributed by atoms with Gasteiger partial charge in [-0.15, -0.1) is 0 Å². The Hall–Kier alpha value is -2.80. The van der Waals surface area contributed by atoms with Crippen LogP contribution in [0.4, 0.5) is 16.3 Å². The highest BCUT2D eigenvalue weighted by molar-refractivity contribution is 6.33. The van der Waals surface area contributed by atoms with E-state index in [4.69, 9.17) is 11.6 Å². The van der Waals surface area contributed by atoms with Crippen LogP contribution in [-0.2, 0) is 4.79 Å². The SMILES string of the molecule is O=C(Nc1ccccc1Cl)Nc1ccnn1C1CCN(C(=O)C2CC=CCC2)CC1. The zero-order valence-corrected chi connectivity index (χ0v) is 17.5. The summed E-state index contributed by atoms with van der Waals surface area (Å²) in [5.41, 5.74) is 0.548. The van der Waals surface area contributed by atoms with Crippen molar-refractivity contribution in [1.82, 2.24) is 14.7 Å². The molecule has 1 aliphatic heterocycles. The lowest BCUT2D eigenvalue weighted by atomic mass is 9.92. The Morgan fingerprint density at radius 1 is 1.03 bits per heavy atom. The summed E-state index contributed by atoms with van der Waals surface area (Å²) < 4.78 is 1.84. The molecule has 4 rings (SSSR count). The highest BCUT2D eigenvalue weighted by Gasteiger charge is 2.29. The lowest BCUT2D eigenvalue weighted by molar-refractivity contribution is -0.137. The molecule has 0 bridgehead atoms. The molecule has 1 aromatic carbocycles. The van der Waals surface area contributed by atoms with E-state index in [2.05, 4.69) is 27.9 Å². The number of carbonyl (C=O) groups excluding carboxylic acids is 2. The maximum atomic E-state index is 12.8. The number of halogens is 1. The van der Waals surface area contributed by atoms with E-state index >= 15 is 0 Å². The molecular formula is C22H26ClN5O2. The van der Waals surface area contributed by atoms with E-state index in [-0.39, 0.29) is 23.9 Å². The number of anilines is 2. The van der Waals surface area contributed by atoms with Crippen LogP contribution in [0.5, 0.6) is 0 Å². The van der Waals surface area contributed by atoms with Crippen molar-refractivity contribution in [3.8, 4) is 0 Å². The number of carbonyl (C=O) groups is 2. The number of benzene rings is 1. The Morgan fingerprint density at radius 3 is 2.57 bits per heavy atom. The molecule has 1 fully saturated rings. The standard InChI is InChI=1S/C22H26ClN5O2/c23-18-8-4-5-9-19(18)25-22(30)26-20-10-13-24-28(20)17-11-14-27(15-12-17)21(29)16-6-2-1-3-7-16/h1-2,4-5,8-10,13,16-17H,3,6-7,11-12,14-15H2,(H2,25,26,30). The van der Waals surface area contributed by atoms with Crippen molar-refractivity contribution in [2.75, 3.05) is 23.7 Å². The minimum atomic E-state index is -0.372. The molecule has 0 radical (unpaired) electrons. The summed E-state index contributed by atoms with van der Waals surface area (Å²) in [6, 6.07) is 8.63. The molecular weight excluding hydrogens is 402 g/mol. The number of nitrogens with one attached hydrogen (secondary N) is 2. The Bertz CT molecular complexity index is 933. The number of piperidine rings is 1. The second-order valence-electron chi connectivity index (χ2n) is 7.76. The summed E-state index contributed by atoms with van der Waals surface area (Å²) in [6.07, 6.45) is 10.4. The molecule has 2 aromatic rings. The maximum absolute atomic E-state index is 12.8. The predicted molar refractivity (Wildman–Crippen MR) is 118 cm³/mol. The normalized spacial score (nSPS) is 19.5. The first-order valence-electron chi connectivity index (χ1n) is 10.4. The van der Waals surface area contributed by atoms with Gasteiger partial charge in [-0.3, -0.25) is 10.1 Å². The van der Waals surface area contributed by atoms with Gasteiger partial charge in [-0.05, 0) is 44.2 Å². The quantitative estimate of drug-likeness (QED) is 0.694. The Balaban J connectivity index is 1.33. The highest BCUT2D eigenvalue weighted by Crippen LogP contribution is 2.28. The van der Waals surface area contributed by atoms with E-state index in [9.17, 15) is 9.59 Å². The molecule has 8 heteroatoms. The number of nitrogens with zero attached hydrogens (tertiary/aromatic N) is 3. The highest BCUT2D eigenvalue weighted by atomic mass is 35.5. The number of urea groups is 1. The van der Waals surface area contributed by atoms with E-state index in [0.29, 0.717) is 16.5 Å². The smallest absolute Gasteiger partial charge is 0.324 e. The van der Waals surface area contributed by atoms with Crippen LogP contribution in [0.25, 0.3) is 0 Å². The van der Waals surface area contributed by atoms with Gasteiger partial charge in [0.2, 0.25) is 5.91 Å². The number of hydrogen-bond donors (Lipinski definition) is 2. The van der Waals surface area contributed by atoms with E-state index in [1.807, 2.05) is 21.7 Å². The number of para-hydroxylation sites is 1. The number of likely N-dealkylation sites (tertiary alicyclic amines) is 1. The van der Waals surface area contributed by atoms with Gasteiger partial charge in [-0.25, -0.2) is 9.48 Å². The van der Waals surface area contributed by atoms with Crippen LogP contribution in [0.2, 0.25) is 5.02 Å². The van der Waals surface area contributed by atoms with Crippen LogP contribution >= 0.6 is 11.6 Å². The monoisotopic (exact) mass is 427 g/mol. The van der Waals surface area contributed by atoms with Crippen LogP contribution < -0.4 is 10.6 Å². The maximum Gasteiger partial charge on any atom is 0.324 e. The number of allylic oxidation sites excluding steroid dienone is 2. The summed E-state index contributed by atoms with van der Waals surface area (Å²) in [5, 5.41) is 10.5. The van der Waals surface area contributed by atoms with Crippen molar-refractivity contribution in [3.05, 3.63) is 53.7 Å². The van der Waals surface area contributed by atoms with Crippen molar-refractivity contribution in [3.63, 3.8) is 0 Å². The van der Waals surface area contributed by atoms with Crippen molar-refractivity contribution in [1.29, 1.82) is 0 Å². The van der Waals surface area contributed by atoms with Gasteiger partial charge in [-0.2, -0.15) is 5.10 Å². The molecule has 158 valence electrons. The Labute approximate surface area is 181 Å². The van der Waals surface area contributed by atoms with Gasteiger partial charge >= 0.3 is 6.03 Å². The average Bonchev–Trinajstić information content (AvgIpc) is 3.23. The molecule has 1 aliphatic carbocycles. The molecule has 0 saturated carbocycles. The van der Waals surface area contributed by atoms with Gasteiger partial charge in [0.05, 0.1) is 22.9 Å². The van der Waals surface area contributed by atoms with Crippen molar-refractivity contribution >= 4 is 35.0 Å². The summed E-state index contributed by atoms with van der Waals surface area (Å²) in [5.74, 6) is 1.03. The summed E-state index contributed by atoms with van der Waals surface area (Å²) in [6.45, 7) is 1.43. The van der Waals surface area contributed by atoms with Crippen molar-refractivity contribution < 1.29 is 9.59 Å². The lowest BCUT2D eigenvalue weighted by Gasteiger charge is -2.35. The first-order chi connectivity index (χ1) is 14.6. The first-order valence-corrected chi connectivity index (χ1v) is 10.8. The molecule has 1 aromatic heterocycles. The molecule has 1 unspecified atom stereocenters. The van der Waals surface area contributed by atoms with Crippen LogP contribution in [0.15, 0.2) is 48.7 Å². The Morgan fingerprint density at radius 2 is 1.83 bits per heavy atom. The first kappa shape index (κ1) is 20.5. The van der Waals surface area contributed by atoms with Crippen LogP contribution in [0, 0.1) is 5.92 Å². The van der Waals surface area contributed by atoms with Gasteiger partial charge in [0.25, 0.3) is 0 Å². The fourth-order valence-electron chi connectivity index (χ4n) is 4.14. The molecule has 1 saturated heterocycles. The second kappa shape index (κ2) is 9.34. The van der Waals surface area contributed by atoms with Crippen molar-refractivity contribution in [2.45, 2.75) is 38.1 Å². The third kappa shape index (κ3) is 4.67. The second-order valence-corrected chi connectivity index (χ2v) is 8.17. The van der Waals surface area contributed by atoms with E-state index in [1.54, 1.807) is 24.4 Å². The molecule has 1 atom stereocenters. The van der Waals surface area contributed by atoms with E-state index < -0.39 is 0 Å². The Kier molecular flexibility index (Phi) is 6.38. The average molecular weight is 428 g/mol. The lowest BCUT2D eigenvalue weighted by Crippen LogP contribution is -2.42. The van der Waals surface area contributed by atoms with Gasteiger partial charge in [0.15, 0.2) is 0 Å². The number of aromatic nitrogens is 2. The minimum absolute atomic E-state index is 0.127. The van der Waals surface area contributed by atoms with E-state index in [0.717, 1.165) is 45.2 Å². The fourth-order valence-corrected chi connectivity index (χ4v) is 4.33. The third-order valence-electron chi connectivity index (χ3n) is 5.77. The molecule has 0 spiro atoms. The summed E-state index contributed by atoms with van der Waals surface area (Å²) >= 11 is 6.10. The molecule has 2 aliphatic rings. The van der Waals surface area contributed by atoms with Crippen LogP contribution in [0.1, 0.15) is 38.1 Å². The summed E-state index contributed by atoms with van der Waals surface area (Å²) in [7, 11) is 0. The predicted octanol–water partition coefficient (Wildman–Crippen LogP) is 4.70. The number of rotatable bonds is 4. The molecule has 30 heavy (non-hydrogen) atoms. The van der Waals surface area contributed by atoms with E-state index in [1.165, 1.54) is 0 Å². The molecule has 3 amide bonds. The van der Waals surface area contributed by atoms with Crippen molar-refractivity contribution in [2.24, 2.45) is 5.92 Å². The largest absolute Gasteiger partial charge is 0.342 e.